The van der Waals surface area contributed by atoms with Gasteiger partial charge in [0.15, 0.2) is 0 Å². The maximum Gasteiger partial charge on any atom is 0.229 e. The molecule has 1 fully saturated rings. The molecule has 3 aromatic rings. The highest BCUT2D eigenvalue weighted by Gasteiger charge is 2.44. The summed E-state index contributed by atoms with van der Waals surface area (Å²) in [6.45, 7) is 1.65. The lowest BCUT2D eigenvalue weighted by Gasteiger charge is -2.41. The average Bonchev–Trinajstić information content (AvgIpc) is 3.13. The van der Waals surface area contributed by atoms with Crippen molar-refractivity contribution in [2.45, 2.75) is 13.0 Å². The van der Waals surface area contributed by atoms with E-state index in [1.807, 2.05) is 18.2 Å². The maximum atomic E-state index is 12.8. The summed E-state index contributed by atoms with van der Waals surface area (Å²) in [5, 5.41) is 13.2. The number of rotatable bonds is 6. The molecule has 1 aliphatic rings. The van der Waals surface area contributed by atoms with Gasteiger partial charge in [-0.25, -0.2) is 9.97 Å². The summed E-state index contributed by atoms with van der Waals surface area (Å²) in [6, 6.07) is 10.1. The number of nitrogens with one attached hydrogen (secondary N) is 3. The molecule has 0 aliphatic carbocycles. The topological polar surface area (TPSA) is 108 Å². The molecule has 8 heteroatoms. The lowest BCUT2D eigenvalue weighted by Crippen LogP contribution is -2.62. The molecule has 8 nitrogen and oxygen atoms in total. The van der Waals surface area contributed by atoms with Gasteiger partial charge in [0.05, 0.1) is 18.2 Å². The van der Waals surface area contributed by atoms with E-state index in [1.165, 1.54) is 0 Å². The molecule has 26 heavy (non-hydrogen) atoms. The highest BCUT2D eigenvalue weighted by Crippen LogP contribution is 2.28. The van der Waals surface area contributed by atoms with Crippen molar-refractivity contribution in [2.24, 2.45) is 5.41 Å². The Morgan fingerprint density at radius 2 is 2.04 bits per heavy atom. The Morgan fingerprint density at radius 3 is 2.73 bits per heavy atom. The molecule has 1 saturated heterocycles. The second kappa shape index (κ2) is 7.01. The van der Waals surface area contributed by atoms with Gasteiger partial charge in [0, 0.05) is 25.5 Å². The van der Waals surface area contributed by atoms with Gasteiger partial charge in [-0.15, -0.1) is 0 Å². The number of hydrogen-bond acceptors (Lipinski definition) is 6. The minimum Gasteiger partial charge on any atom is -0.348 e. The fourth-order valence-electron chi connectivity index (χ4n) is 3.03. The summed E-state index contributed by atoms with van der Waals surface area (Å²) in [6.07, 6.45) is 5.49. The highest BCUT2D eigenvalue weighted by atomic mass is 16.2. The van der Waals surface area contributed by atoms with Crippen LogP contribution in [0.2, 0.25) is 0 Å². The normalized spacial score (nSPS) is 15.2. The average molecular weight is 349 g/mol. The number of aromatic amines is 1. The zero-order valence-corrected chi connectivity index (χ0v) is 14.1. The second-order valence-electron chi connectivity index (χ2n) is 6.43. The van der Waals surface area contributed by atoms with Gasteiger partial charge in [-0.3, -0.25) is 14.9 Å². The van der Waals surface area contributed by atoms with Gasteiger partial charge in [-0.1, -0.05) is 30.3 Å². The summed E-state index contributed by atoms with van der Waals surface area (Å²) in [4.78, 5) is 25.3. The number of aromatic nitrogens is 5. The lowest BCUT2D eigenvalue weighted by molar-refractivity contribution is -0.134. The fourth-order valence-corrected chi connectivity index (χ4v) is 3.03. The van der Waals surface area contributed by atoms with E-state index in [-0.39, 0.29) is 5.91 Å². The largest absolute Gasteiger partial charge is 0.348 e. The van der Waals surface area contributed by atoms with Crippen molar-refractivity contribution >= 4 is 5.91 Å². The van der Waals surface area contributed by atoms with Gasteiger partial charge < -0.3 is 10.6 Å². The molecule has 4 rings (SSSR count). The van der Waals surface area contributed by atoms with Crippen LogP contribution in [0, 0.1) is 5.41 Å². The van der Waals surface area contributed by atoms with Gasteiger partial charge >= 0.3 is 0 Å². The predicted molar refractivity (Wildman–Crippen MR) is 94.7 cm³/mol. The molecular formula is C18H19N7O. The van der Waals surface area contributed by atoms with Crippen LogP contribution in [-0.4, -0.2) is 44.1 Å². The Labute approximate surface area is 150 Å². The van der Waals surface area contributed by atoms with E-state index in [0.29, 0.717) is 43.4 Å². The van der Waals surface area contributed by atoms with Gasteiger partial charge in [-0.05, 0) is 12.0 Å². The van der Waals surface area contributed by atoms with Crippen LogP contribution >= 0.6 is 0 Å². The van der Waals surface area contributed by atoms with Crippen molar-refractivity contribution in [2.75, 3.05) is 13.1 Å². The fraction of sp³-hybridized carbons (Fsp3) is 0.278. The van der Waals surface area contributed by atoms with Crippen LogP contribution in [0.15, 0.2) is 48.9 Å². The van der Waals surface area contributed by atoms with Crippen LogP contribution in [0.25, 0.3) is 11.5 Å². The van der Waals surface area contributed by atoms with E-state index in [0.717, 1.165) is 5.56 Å². The van der Waals surface area contributed by atoms with Crippen molar-refractivity contribution in [3.63, 3.8) is 0 Å². The van der Waals surface area contributed by atoms with Gasteiger partial charge in [0.25, 0.3) is 0 Å². The van der Waals surface area contributed by atoms with E-state index < -0.39 is 5.41 Å². The van der Waals surface area contributed by atoms with Crippen LogP contribution in [-0.2, 0) is 17.8 Å². The first-order chi connectivity index (χ1) is 12.8. The Kier molecular flexibility index (Phi) is 4.40. The van der Waals surface area contributed by atoms with Gasteiger partial charge in [-0.2, -0.15) is 5.10 Å². The van der Waals surface area contributed by atoms with Crippen molar-refractivity contribution < 1.29 is 4.79 Å². The van der Waals surface area contributed by atoms with Gasteiger partial charge in [0.1, 0.15) is 11.5 Å². The molecule has 0 radical (unpaired) electrons. The minimum absolute atomic E-state index is 0.0255. The van der Waals surface area contributed by atoms with E-state index in [2.05, 4.69) is 47.9 Å². The third kappa shape index (κ3) is 3.31. The number of hydrogen-bond donors (Lipinski definition) is 3. The van der Waals surface area contributed by atoms with Crippen LogP contribution in [0.5, 0.6) is 0 Å². The molecule has 1 amide bonds. The van der Waals surface area contributed by atoms with Crippen LogP contribution < -0.4 is 10.6 Å². The zero-order chi connectivity index (χ0) is 17.8. The molecule has 132 valence electrons. The minimum atomic E-state index is -0.408. The molecule has 0 unspecified atom stereocenters. The third-order valence-corrected chi connectivity index (χ3v) is 4.53. The van der Waals surface area contributed by atoms with Crippen molar-refractivity contribution in [3.05, 3.63) is 60.3 Å². The summed E-state index contributed by atoms with van der Waals surface area (Å²) < 4.78 is 0. The lowest BCUT2D eigenvalue weighted by atomic mass is 9.75. The Balaban J connectivity index is 1.40. The molecule has 3 heterocycles. The summed E-state index contributed by atoms with van der Waals surface area (Å²) in [5.74, 6) is 1.07. The van der Waals surface area contributed by atoms with Crippen molar-refractivity contribution in [1.82, 2.24) is 35.8 Å². The molecular weight excluding hydrogens is 330 g/mol. The molecule has 2 aromatic heterocycles. The Morgan fingerprint density at radius 1 is 1.19 bits per heavy atom. The zero-order valence-electron chi connectivity index (χ0n) is 14.1. The first kappa shape index (κ1) is 16.3. The van der Waals surface area contributed by atoms with E-state index in [9.17, 15) is 4.79 Å². The molecule has 3 N–H and O–H groups in total. The van der Waals surface area contributed by atoms with Gasteiger partial charge in [0.2, 0.25) is 11.7 Å². The summed E-state index contributed by atoms with van der Waals surface area (Å²) in [7, 11) is 0. The van der Waals surface area contributed by atoms with E-state index >= 15 is 0 Å². The Bertz CT molecular complexity index is 875. The molecule has 0 saturated carbocycles. The van der Waals surface area contributed by atoms with E-state index in [1.54, 1.807) is 18.6 Å². The predicted octanol–water partition coefficient (Wildman–Crippen LogP) is 0.710. The van der Waals surface area contributed by atoms with Crippen LogP contribution in [0.1, 0.15) is 11.4 Å². The SMILES string of the molecule is O=C(NCc1nc(-c2cnccn2)n[nH]1)C1(Cc2ccccc2)CNC1. The highest BCUT2D eigenvalue weighted by molar-refractivity contribution is 5.84. The number of nitrogens with zero attached hydrogens (tertiary/aromatic N) is 4. The maximum absolute atomic E-state index is 12.8. The molecule has 1 aliphatic heterocycles. The first-order valence-corrected chi connectivity index (χ1v) is 8.46. The second-order valence-corrected chi connectivity index (χ2v) is 6.43. The first-order valence-electron chi connectivity index (χ1n) is 8.46. The van der Waals surface area contributed by atoms with Crippen molar-refractivity contribution in [1.29, 1.82) is 0 Å². The standard InChI is InChI=1S/C18H19N7O/c26-17(18(11-20-12-18)8-13-4-2-1-3-5-13)22-10-15-23-16(25-24-15)14-9-19-6-7-21-14/h1-7,9,20H,8,10-12H2,(H,22,26)(H,23,24,25). The van der Waals surface area contributed by atoms with Crippen LogP contribution in [0.4, 0.5) is 0 Å². The molecule has 0 atom stereocenters. The monoisotopic (exact) mass is 349 g/mol. The number of benzene rings is 1. The quantitative estimate of drug-likeness (QED) is 0.605. The summed E-state index contributed by atoms with van der Waals surface area (Å²) in [5.41, 5.74) is 1.34. The van der Waals surface area contributed by atoms with E-state index in [4.69, 9.17) is 0 Å². The number of H-pyrrole nitrogens is 1. The molecule has 1 aromatic carbocycles. The Hall–Kier alpha value is -3.13. The smallest absolute Gasteiger partial charge is 0.229 e. The molecule has 0 spiro atoms. The molecule has 0 bridgehead atoms. The third-order valence-electron chi connectivity index (χ3n) is 4.53. The number of carbonyl (C=O) groups is 1. The van der Waals surface area contributed by atoms with Crippen molar-refractivity contribution in [3.8, 4) is 11.5 Å². The summed E-state index contributed by atoms with van der Waals surface area (Å²) >= 11 is 0. The van der Waals surface area contributed by atoms with Crippen LogP contribution in [0.3, 0.4) is 0 Å². The number of amides is 1. The number of carbonyl (C=O) groups excluding carboxylic acids is 1.